The van der Waals surface area contributed by atoms with Crippen molar-refractivity contribution in [3.05, 3.63) is 29.3 Å². The van der Waals surface area contributed by atoms with E-state index >= 15 is 0 Å². The van der Waals surface area contributed by atoms with Gasteiger partial charge in [0.25, 0.3) is 5.91 Å². The van der Waals surface area contributed by atoms with Crippen LogP contribution in [-0.2, 0) is 11.2 Å². The summed E-state index contributed by atoms with van der Waals surface area (Å²) in [6.07, 6.45) is 1.13. The lowest BCUT2D eigenvalue weighted by atomic mass is 9.88. The number of nitrogens with one attached hydrogen (secondary N) is 2. The number of anilines is 1. The van der Waals surface area contributed by atoms with Crippen LogP contribution in [0.1, 0.15) is 43.1 Å². The summed E-state index contributed by atoms with van der Waals surface area (Å²) in [4.78, 5) is 23.8. The molecule has 0 aromatic heterocycles. The van der Waals surface area contributed by atoms with Crippen LogP contribution < -0.4 is 16.4 Å². The highest BCUT2D eigenvalue weighted by atomic mass is 16.2. The van der Waals surface area contributed by atoms with Crippen molar-refractivity contribution in [3.63, 3.8) is 0 Å². The van der Waals surface area contributed by atoms with Gasteiger partial charge in [-0.3, -0.25) is 9.59 Å². The quantitative estimate of drug-likeness (QED) is 0.788. The Balaban J connectivity index is 2.19. The van der Waals surface area contributed by atoms with Crippen molar-refractivity contribution in [2.24, 2.45) is 11.7 Å². The summed E-state index contributed by atoms with van der Waals surface area (Å²) in [5.41, 5.74) is 7.77. The molecule has 2 rings (SSSR count). The number of nitrogens with two attached hydrogens (primary N) is 1. The topological polar surface area (TPSA) is 84.2 Å². The molecule has 0 aliphatic carbocycles. The van der Waals surface area contributed by atoms with Crippen molar-refractivity contribution >= 4 is 17.5 Å². The number of hydrogen-bond acceptors (Lipinski definition) is 3. The van der Waals surface area contributed by atoms with E-state index in [1.54, 1.807) is 12.1 Å². The fourth-order valence-electron chi connectivity index (χ4n) is 2.29. The molecule has 1 aliphatic heterocycles. The average Bonchev–Trinajstić information content (AvgIpc) is 2.46. The lowest BCUT2D eigenvalue weighted by Gasteiger charge is -2.33. The minimum atomic E-state index is -0.429. The number of fused-ring (bicyclic) bond motifs is 1. The first-order valence-electron chi connectivity index (χ1n) is 7.31. The fourth-order valence-corrected chi connectivity index (χ4v) is 2.29. The van der Waals surface area contributed by atoms with Gasteiger partial charge in [0.15, 0.2) is 0 Å². The maximum Gasteiger partial charge on any atom is 0.251 e. The Morgan fingerprint density at radius 2 is 2.14 bits per heavy atom. The Kier molecular flexibility index (Phi) is 4.32. The Morgan fingerprint density at radius 3 is 2.76 bits per heavy atom. The first kappa shape index (κ1) is 15.5. The molecule has 4 N–H and O–H groups in total. The molecule has 2 amide bonds. The van der Waals surface area contributed by atoms with Crippen molar-refractivity contribution in [2.75, 3.05) is 11.9 Å². The summed E-state index contributed by atoms with van der Waals surface area (Å²) < 4.78 is 0. The molecule has 1 atom stereocenters. The zero-order valence-corrected chi connectivity index (χ0v) is 12.8. The van der Waals surface area contributed by atoms with Gasteiger partial charge in [0, 0.05) is 24.2 Å². The molecule has 5 heteroatoms. The number of benzene rings is 1. The van der Waals surface area contributed by atoms with E-state index in [1.807, 2.05) is 26.8 Å². The van der Waals surface area contributed by atoms with E-state index in [2.05, 4.69) is 10.6 Å². The minimum absolute atomic E-state index is 0.0233. The highest BCUT2D eigenvalue weighted by molar-refractivity contribution is 5.98. The molecule has 1 aliphatic rings. The maximum atomic E-state index is 12.4. The molecule has 21 heavy (non-hydrogen) atoms. The van der Waals surface area contributed by atoms with Gasteiger partial charge in [-0.05, 0) is 43.0 Å². The van der Waals surface area contributed by atoms with Gasteiger partial charge in [-0.1, -0.05) is 13.8 Å². The molecule has 1 aromatic rings. The minimum Gasteiger partial charge on any atom is -0.345 e. The molecular weight excluding hydrogens is 266 g/mol. The highest BCUT2D eigenvalue weighted by Gasteiger charge is 2.29. The highest BCUT2D eigenvalue weighted by Crippen LogP contribution is 2.24. The van der Waals surface area contributed by atoms with E-state index in [0.717, 1.165) is 11.3 Å². The van der Waals surface area contributed by atoms with Crippen LogP contribution in [0.3, 0.4) is 0 Å². The van der Waals surface area contributed by atoms with Gasteiger partial charge in [0.2, 0.25) is 5.91 Å². The average molecular weight is 289 g/mol. The molecule has 1 unspecified atom stereocenters. The number of aryl methyl sites for hydroxylation is 1. The van der Waals surface area contributed by atoms with Crippen LogP contribution in [0, 0.1) is 5.92 Å². The molecule has 0 fully saturated rings. The van der Waals surface area contributed by atoms with Crippen LogP contribution in [0.5, 0.6) is 0 Å². The van der Waals surface area contributed by atoms with Crippen LogP contribution in [0.4, 0.5) is 5.69 Å². The van der Waals surface area contributed by atoms with E-state index in [0.29, 0.717) is 24.9 Å². The van der Waals surface area contributed by atoms with Crippen molar-refractivity contribution in [3.8, 4) is 0 Å². The summed E-state index contributed by atoms with van der Waals surface area (Å²) in [5, 5.41) is 5.84. The summed E-state index contributed by atoms with van der Waals surface area (Å²) in [6.45, 7) is 6.41. The Bertz CT molecular complexity index is 569. The summed E-state index contributed by atoms with van der Waals surface area (Å²) in [5.74, 6) is 0.134. The van der Waals surface area contributed by atoms with Crippen molar-refractivity contribution in [1.29, 1.82) is 0 Å². The van der Waals surface area contributed by atoms with Gasteiger partial charge in [-0.2, -0.15) is 0 Å². The first-order chi connectivity index (χ1) is 9.85. The van der Waals surface area contributed by atoms with Gasteiger partial charge in [-0.25, -0.2) is 0 Å². The third-order valence-corrected chi connectivity index (χ3v) is 4.36. The lowest BCUT2D eigenvalue weighted by molar-refractivity contribution is -0.116. The number of amides is 2. The first-order valence-corrected chi connectivity index (χ1v) is 7.31. The zero-order chi connectivity index (χ0) is 15.6. The smallest absolute Gasteiger partial charge is 0.251 e. The van der Waals surface area contributed by atoms with Crippen molar-refractivity contribution in [2.45, 2.75) is 39.2 Å². The Hall–Kier alpha value is -1.88. The third kappa shape index (κ3) is 3.24. The summed E-state index contributed by atoms with van der Waals surface area (Å²) in [6, 6.07) is 5.37. The zero-order valence-electron chi connectivity index (χ0n) is 12.8. The van der Waals surface area contributed by atoms with Gasteiger partial charge in [0.1, 0.15) is 0 Å². The van der Waals surface area contributed by atoms with E-state index in [1.165, 1.54) is 0 Å². The van der Waals surface area contributed by atoms with Crippen LogP contribution in [0.2, 0.25) is 0 Å². The monoisotopic (exact) mass is 289 g/mol. The SMILES string of the molecule is CC(C)C(C)(CN)NC(=O)c1ccc2c(c1)CCC(=O)N2. The molecule has 0 saturated carbocycles. The summed E-state index contributed by atoms with van der Waals surface area (Å²) >= 11 is 0. The largest absolute Gasteiger partial charge is 0.345 e. The standard InChI is InChI=1S/C16H23N3O2/c1-10(2)16(3,9-17)19-15(21)12-4-6-13-11(8-12)5-7-14(20)18-13/h4,6,8,10H,5,7,9,17H2,1-3H3,(H,18,20)(H,19,21). The predicted molar refractivity (Wildman–Crippen MR) is 83.2 cm³/mol. The second-order valence-corrected chi connectivity index (χ2v) is 6.15. The van der Waals surface area contributed by atoms with Crippen molar-refractivity contribution in [1.82, 2.24) is 5.32 Å². The molecule has 0 spiro atoms. The molecule has 0 bridgehead atoms. The molecule has 1 heterocycles. The second kappa shape index (κ2) is 5.85. The van der Waals surface area contributed by atoms with Crippen LogP contribution >= 0.6 is 0 Å². The number of carbonyl (C=O) groups is 2. The predicted octanol–water partition coefficient (Wildman–Crippen LogP) is 1.67. The fraction of sp³-hybridized carbons (Fsp3) is 0.500. The maximum absolute atomic E-state index is 12.4. The van der Waals surface area contributed by atoms with Gasteiger partial charge < -0.3 is 16.4 Å². The van der Waals surface area contributed by atoms with E-state index in [-0.39, 0.29) is 17.7 Å². The molecule has 5 nitrogen and oxygen atoms in total. The number of rotatable bonds is 4. The summed E-state index contributed by atoms with van der Waals surface area (Å²) in [7, 11) is 0. The van der Waals surface area contributed by atoms with Crippen molar-refractivity contribution < 1.29 is 9.59 Å². The van der Waals surface area contributed by atoms with Crippen LogP contribution in [0.15, 0.2) is 18.2 Å². The normalized spacial score (nSPS) is 16.9. The molecule has 0 saturated heterocycles. The van der Waals surface area contributed by atoms with Gasteiger partial charge >= 0.3 is 0 Å². The van der Waals surface area contributed by atoms with E-state index in [4.69, 9.17) is 5.73 Å². The van der Waals surface area contributed by atoms with Crippen LogP contribution in [0.25, 0.3) is 0 Å². The molecule has 114 valence electrons. The molecule has 1 aromatic carbocycles. The van der Waals surface area contributed by atoms with Gasteiger partial charge in [-0.15, -0.1) is 0 Å². The lowest BCUT2D eigenvalue weighted by Crippen LogP contribution is -2.55. The second-order valence-electron chi connectivity index (χ2n) is 6.15. The Labute approximate surface area is 125 Å². The third-order valence-electron chi connectivity index (χ3n) is 4.36. The van der Waals surface area contributed by atoms with E-state index in [9.17, 15) is 9.59 Å². The Morgan fingerprint density at radius 1 is 1.43 bits per heavy atom. The van der Waals surface area contributed by atoms with E-state index < -0.39 is 5.54 Å². The molecule has 0 radical (unpaired) electrons. The number of hydrogen-bond donors (Lipinski definition) is 3. The van der Waals surface area contributed by atoms with Crippen LogP contribution in [-0.4, -0.2) is 23.9 Å². The van der Waals surface area contributed by atoms with Gasteiger partial charge in [0.05, 0.1) is 5.54 Å². The number of carbonyl (C=O) groups excluding carboxylic acids is 2. The molecular formula is C16H23N3O2.